The number of aromatic nitrogens is 5. The Morgan fingerprint density at radius 1 is 1.32 bits per heavy atom. The molecule has 1 aliphatic carbocycles. The fourth-order valence-corrected chi connectivity index (χ4v) is 3.54. The second-order valence-corrected chi connectivity index (χ2v) is 6.99. The van der Waals surface area contributed by atoms with Gasteiger partial charge in [-0.05, 0) is 25.2 Å². The van der Waals surface area contributed by atoms with Gasteiger partial charge < -0.3 is 0 Å². The number of fused-ring (bicyclic) bond motifs is 3. The van der Waals surface area contributed by atoms with E-state index in [-0.39, 0.29) is 5.56 Å². The van der Waals surface area contributed by atoms with E-state index in [2.05, 4.69) is 23.2 Å². The number of imidazole rings is 1. The molecule has 25 heavy (non-hydrogen) atoms. The minimum atomic E-state index is 0.0275. The van der Waals surface area contributed by atoms with Gasteiger partial charge in [0.15, 0.2) is 0 Å². The van der Waals surface area contributed by atoms with Crippen LogP contribution in [0.15, 0.2) is 34.6 Å². The summed E-state index contributed by atoms with van der Waals surface area (Å²) in [6.07, 6.45) is 11.6. The zero-order chi connectivity index (χ0) is 17.0. The van der Waals surface area contributed by atoms with E-state index in [0.29, 0.717) is 18.7 Å². The summed E-state index contributed by atoms with van der Waals surface area (Å²) in [6, 6.07) is 0. The van der Waals surface area contributed by atoms with E-state index in [4.69, 9.17) is 4.99 Å². The van der Waals surface area contributed by atoms with Crippen molar-refractivity contribution in [2.24, 2.45) is 10.9 Å². The summed E-state index contributed by atoms with van der Waals surface area (Å²) in [5, 5.41) is 4.46. The van der Waals surface area contributed by atoms with Gasteiger partial charge in [-0.25, -0.2) is 9.98 Å². The van der Waals surface area contributed by atoms with Gasteiger partial charge >= 0.3 is 0 Å². The molecule has 0 bridgehead atoms. The van der Waals surface area contributed by atoms with Gasteiger partial charge in [0, 0.05) is 43.7 Å². The lowest BCUT2D eigenvalue weighted by atomic mass is 10.1. The van der Waals surface area contributed by atoms with E-state index in [1.807, 2.05) is 21.5 Å². The Balaban J connectivity index is 1.56. The summed E-state index contributed by atoms with van der Waals surface area (Å²) in [4.78, 5) is 22.0. The molecule has 1 fully saturated rings. The average Bonchev–Trinajstić information content (AvgIpc) is 3.04. The first kappa shape index (κ1) is 14.6. The van der Waals surface area contributed by atoms with Crippen LogP contribution < -0.4 is 5.56 Å². The highest BCUT2D eigenvalue weighted by Gasteiger charge is 2.26. The first-order valence-corrected chi connectivity index (χ1v) is 8.93. The third-order valence-electron chi connectivity index (χ3n) is 5.00. The number of aliphatic imine (C=N–C) groups is 1. The molecular formula is C18H20N6O. The minimum absolute atomic E-state index is 0.0275. The first-order valence-electron chi connectivity index (χ1n) is 8.93. The quantitative estimate of drug-likeness (QED) is 0.717. The molecule has 4 heterocycles. The Labute approximate surface area is 144 Å². The maximum absolute atomic E-state index is 12.9. The molecule has 2 aliphatic rings. The van der Waals surface area contributed by atoms with E-state index in [1.165, 1.54) is 12.8 Å². The first-order chi connectivity index (χ1) is 12.2. The lowest BCUT2D eigenvalue weighted by Gasteiger charge is -2.09. The van der Waals surface area contributed by atoms with Crippen LogP contribution in [0.3, 0.4) is 0 Å². The van der Waals surface area contributed by atoms with Crippen LogP contribution in [0.4, 0.5) is 5.82 Å². The fourth-order valence-electron chi connectivity index (χ4n) is 3.54. The molecule has 0 aromatic carbocycles. The van der Waals surface area contributed by atoms with Crippen molar-refractivity contribution in [1.82, 2.24) is 23.7 Å². The van der Waals surface area contributed by atoms with Gasteiger partial charge in [-0.1, -0.05) is 6.92 Å². The van der Waals surface area contributed by atoms with E-state index in [9.17, 15) is 4.79 Å². The zero-order valence-corrected chi connectivity index (χ0v) is 14.2. The predicted molar refractivity (Wildman–Crippen MR) is 94.6 cm³/mol. The molecule has 0 N–H and O–H groups in total. The van der Waals surface area contributed by atoms with Crippen LogP contribution in [0, 0.1) is 5.92 Å². The zero-order valence-electron chi connectivity index (χ0n) is 14.2. The van der Waals surface area contributed by atoms with Crippen molar-refractivity contribution in [3.63, 3.8) is 0 Å². The van der Waals surface area contributed by atoms with Crippen molar-refractivity contribution in [2.75, 3.05) is 0 Å². The molecule has 3 aromatic heterocycles. The van der Waals surface area contributed by atoms with Crippen LogP contribution in [-0.4, -0.2) is 29.4 Å². The normalized spacial score (nSPS) is 16.4. The van der Waals surface area contributed by atoms with Crippen LogP contribution in [0.2, 0.25) is 0 Å². The van der Waals surface area contributed by atoms with Crippen LogP contribution in [0.1, 0.15) is 37.3 Å². The number of rotatable bonds is 5. The van der Waals surface area contributed by atoms with Gasteiger partial charge in [0.05, 0.1) is 17.5 Å². The fraction of sp³-hybridized carbons (Fsp3) is 0.444. The lowest BCUT2D eigenvalue weighted by Crippen LogP contribution is -2.26. The number of aryl methyl sites for hydroxylation is 1. The Kier molecular flexibility index (Phi) is 3.16. The van der Waals surface area contributed by atoms with Gasteiger partial charge in [-0.3, -0.25) is 18.4 Å². The van der Waals surface area contributed by atoms with Crippen LogP contribution in [0.5, 0.6) is 0 Å². The largest absolute Gasteiger partial charge is 0.278 e. The highest BCUT2D eigenvalue weighted by Crippen LogP contribution is 2.31. The molecule has 0 unspecified atom stereocenters. The van der Waals surface area contributed by atoms with E-state index in [0.717, 1.165) is 41.5 Å². The van der Waals surface area contributed by atoms with Gasteiger partial charge in [0.2, 0.25) is 5.78 Å². The SMILES string of the molecule is CCCn1c(=O)c2c(n3ccnc13)N=C(c1cnn(CC3CC3)c1)C2. The summed E-state index contributed by atoms with van der Waals surface area (Å²) < 4.78 is 5.68. The molecule has 0 radical (unpaired) electrons. The molecule has 1 saturated carbocycles. The lowest BCUT2D eigenvalue weighted by molar-refractivity contribution is 0.563. The van der Waals surface area contributed by atoms with Crippen LogP contribution >= 0.6 is 0 Å². The van der Waals surface area contributed by atoms with Crippen molar-refractivity contribution in [3.8, 4) is 0 Å². The Bertz CT molecular complexity index is 1050. The van der Waals surface area contributed by atoms with E-state index < -0.39 is 0 Å². The van der Waals surface area contributed by atoms with Crippen molar-refractivity contribution < 1.29 is 0 Å². The topological polar surface area (TPSA) is 69.5 Å². The van der Waals surface area contributed by atoms with Crippen molar-refractivity contribution in [3.05, 3.63) is 46.3 Å². The summed E-state index contributed by atoms with van der Waals surface area (Å²) in [5.41, 5.74) is 2.70. The van der Waals surface area contributed by atoms with E-state index in [1.54, 1.807) is 10.8 Å². The van der Waals surface area contributed by atoms with Crippen molar-refractivity contribution in [2.45, 2.75) is 45.7 Å². The summed E-state index contributed by atoms with van der Waals surface area (Å²) >= 11 is 0. The molecule has 0 saturated heterocycles. The highest BCUT2D eigenvalue weighted by molar-refractivity contribution is 6.05. The van der Waals surface area contributed by atoms with Crippen LogP contribution in [-0.2, 0) is 19.5 Å². The summed E-state index contributed by atoms with van der Waals surface area (Å²) in [7, 11) is 0. The van der Waals surface area contributed by atoms with Crippen LogP contribution in [0.25, 0.3) is 5.78 Å². The third kappa shape index (κ3) is 2.33. The second-order valence-electron chi connectivity index (χ2n) is 6.99. The van der Waals surface area contributed by atoms with Gasteiger partial charge in [0.25, 0.3) is 5.56 Å². The molecule has 7 heteroatoms. The molecule has 0 amide bonds. The van der Waals surface area contributed by atoms with Crippen molar-refractivity contribution in [1.29, 1.82) is 0 Å². The Hall–Kier alpha value is -2.70. The maximum atomic E-state index is 12.9. The molecule has 0 spiro atoms. The van der Waals surface area contributed by atoms with Crippen molar-refractivity contribution >= 4 is 17.3 Å². The minimum Gasteiger partial charge on any atom is -0.278 e. The summed E-state index contributed by atoms with van der Waals surface area (Å²) in [5.74, 6) is 2.16. The third-order valence-corrected chi connectivity index (χ3v) is 5.00. The van der Waals surface area contributed by atoms with E-state index >= 15 is 0 Å². The monoisotopic (exact) mass is 336 g/mol. The molecule has 3 aromatic rings. The Morgan fingerprint density at radius 2 is 2.20 bits per heavy atom. The molecule has 1 aliphatic heterocycles. The predicted octanol–water partition coefficient (Wildman–Crippen LogP) is 2.19. The molecule has 128 valence electrons. The highest BCUT2D eigenvalue weighted by atomic mass is 16.1. The standard InChI is InChI=1S/C18H20N6O/c1-2-6-24-17(25)14-8-15(21-16(14)23-7-5-19-18(23)24)13-9-20-22(11-13)10-12-3-4-12/h5,7,9,11-12H,2-4,6,8,10H2,1H3. The van der Waals surface area contributed by atoms with Gasteiger partial charge in [0.1, 0.15) is 5.82 Å². The molecular weight excluding hydrogens is 316 g/mol. The maximum Gasteiger partial charge on any atom is 0.260 e. The molecule has 0 atom stereocenters. The molecule has 7 nitrogen and oxygen atoms in total. The Morgan fingerprint density at radius 3 is 3.00 bits per heavy atom. The second kappa shape index (κ2) is 5.40. The van der Waals surface area contributed by atoms with Gasteiger partial charge in [-0.2, -0.15) is 5.10 Å². The molecule has 5 rings (SSSR count). The smallest absolute Gasteiger partial charge is 0.260 e. The average molecular weight is 336 g/mol. The number of nitrogens with zero attached hydrogens (tertiary/aromatic N) is 6. The summed E-state index contributed by atoms with van der Waals surface area (Å²) in [6.45, 7) is 3.71. The number of hydrogen-bond acceptors (Lipinski definition) is 4. The van der Waals surface area contributed by atoms with Gasteiger partial charge in [-0.15, -0.1) is 0 Å². The number of hydrogen-bond donors (Lipinski definition) is 0.